The van der Waals surface area contributed by atoms with Gasteiger partial charge in [0.05, 0.1) is 17.0 Å². The van der Waals surface area contributed by atoms with E-state index < -0.39 is 0 Å². The highest BCUT2D eigenvalue weighted by Gasteiger charge is 2.39. The van der Waals surface area contributed by atoms with Crippen molar-refractivity contribution in [3.63, 3.8) is 0 Å². The van der Waals surface area contributed by atoms with E-state index in [9.17, 15) is 9.59 Å². The van der Waals surface area contributed by atoms with E-state index in [-0.39, 0.29) is 17.7 Å². The summed E-state index contributed by atoms with van der Waals surface area (Å²) in [6, 6.07) is 8.37. The zero-order valence-corrected chi connectivity index (χ0v) is 16.1. The third-order valence-electron chi connectivity index (χ3n) is 6.54. The van der Waals surface area contributed by atoms with Crippen LogP contribution in [0, 0.1) is 5.92 Å². The first-order chi connectivity index (χ1) is 13.7. The van der Waals surface area contributed by atoms with E-state index in [4.69, 9.17) is 0 Å². The smallest absolute Gasteiger partial charge is 0.289 e. The van der Waals surface area contributed by atoms with Gasteiger partial charge in [-0.05, 0) is 31.4 Å². The van der Waals surface area contributed by atoms with Gasteiger partial charge < -0.3 is 14.8 Å². The number of hydrogen-bond acceptors (Lipinski definition) is 4. The number of H-pyrrole nitrogens is 1. The van der Waals surface area contributed by atoms with Crippen molar-refractivity contribution in [3.05, 3.63) is 30.1 Å². The summed E-state index contributed by atoms with van der Waals surface area (Å²) in [5, 5.41) is 0. The standard InChI is InChI=1S/C21H27N5O2/c27-20(25-10-4-9-24(11-12-25)16-5-3-6-16)15-13-26(14-15)21(28)19-22-17-7-1-2-8-18(17)23-19/h1-2,7-8,15-16H,3-6,9-14H2,(H,22,23). The van der Waals surface area contributed by atoms with E-state index in [1.165, 1.54) is 19.3 Å². The fourth-order valence-corrected chi connectivity index (χ4v) is 4.54. The van der Waals surface area contributed by atoms with Crippen LogP contribution >= 0.6 is 0 Å². The highest BCUT2D eigenvalue weighted by Crippen LogP contribution is 2.26. The van der Waals surface area contributed by atoms with Gasteiger partial charge in [-0.3, -0.25) is 14.5 Å². The van der Waals surface area contributed by atoms with E-state index >= 15 is 0 Å². The quantitative estimate of drug-likeness (QED) is 0.879. The van der Waals surface area contributed by atoms with Crippen molar-refractivity contribution in [1.29, 1.82) is 0 Å². The van der Waals surface area contributed by atoms with E-state index in [2.05, 4.69) is 14.9 Å². The molecule has 3 fully saturated rings. The van der Waals surface area contributed by atoms with Crippen LogP contribution in [0.5, 0.6) is 0 Å². The third kappa shape index (κ3) is 3.17. The minimum Gasteiger partial charge on any atom is -0.341 e. The number of nitrogens with one attached hydrogen (secondary N) is 1. The Morgan fingerprint density at radius 1 is 0.964 bits per heavy atom. The first kappa shape index (κ1) is 17.7. The molecular formula is C21H27N5O2. The second kappa shape index (κ2) is 7.20. The highest BCUT2D eigenvalue weighted by molar-refractivity contribution is 5.95. The van der Waals surface area contributed by atoms with Gasteiger partial charge in [-0.25, -0.2) is 4.98 Å². The molecule has 1 saturated carbocycles. The molecule has 0 radical (unpaired) electrons. The number of carbonyl (C=O) groups is 2. The largest absolute Gasteiger partial charge is 0.341 e. The van der Waals surface area contributed by atoms with Crippen molar-refractivity contribution in [2.24, 2.45) is 5.92 Å². The number of aromatic nitrogens is 2. The maximum absolute atomic E-state index is 12.9. The van der Waals surface area contributed by atoms with Crippen LogP contribution in [-0.4, -0.2) is 81.8 Å². The van der Waals surface area contributed by atoms with Crippen LogP contribution in [0.2, 0.25) is 0 Å². The Balaban J connectivity index is 1.16. The van der Waals surface area contributed by atoms with Gasteiger partial charge in [0.15, 0.2) is 5.82 Å². The summed E-state index contributed by atoms with van der Waals surface area (Å²) in [5.41, 5.74) is 1.65. The summed E-state index contributed by atoms with van der Waals surface area (Å²) in [7, 11) is 0. The average Bonchev–Trinajstić information content (AvgIpc) is 2.91. The normalized spacial score (nSPS) is 22.0. The molecule has 2 aliphatic heterocycles. The number of carbonyl (C=O) groups excluding carboxylic acids is 2. The number of hydrogen-bond donors (Lipinski definition) is 1. The molecule has 5 rings (SSSR count). The molecule has 0 unspecified atom stereocenters. The first-order valence-electron chi connectivity index (χ1n) is 10.5. The lowest BCUT2D eigenvalue weighted by Crippen LogP contribution is -2.57. The Bertz CT molecular complexity index is 851. The predicted octanol–water partition coefficient (Wildman–Crippen LogP) is 1.72. The molecule has 2 saturated heterocycles. The summed E-state index contributed by atoms with van der Waals surface area (Å²) in [5.74, 6) is 0.387. The first-order valence-corrected chi connectivity index (χ1v) is 10.5. The number of benzene rings is 1. The molecule has 7 heteroatoms. The molecule has 28 heavy (non-hydrogen) atoms. The summed E-state index contributed by atoms with van der Waals surface area (Å²) in [6.07, 6.45) is 5.03. The van der Waals surface area contributed by atoms with E-state index in [1.807, 2.05) is 29.2 Å². The number of aromatic amines is 1. The zero-order chi connectivity index (χ0) is 19.1. The number of fused-ring (bicyclic) bond motifs is 1. The fraction of sp³-hybridized carbons (Fsp3) is 0.571. The monoisotopic (exact) mass is 381 g/mol. The fourth-order valence-electron chi connectivity index (χ4n) is 4.54. The lowest BCUT2D eigenvalue weighted by Gasteiger charge is -2.40. The molecule has 1 aliphatic carbocycles. The Labute approximate surface area is 164 Å². The SMILES string of the molecule is O=C(c1nc2ccccc2[nH]1)N1CC(C(=O)N2CCCN(C3CCC3)CC2)C1. The van der Waals surface area contributed by atoms with Crippen molar-refractivity contribution in [2.75, 3.05) is 39.3 Å². The number of likely N-dealkylation sites (tertiary alicyclic amines) is 1. The lowest BCUT2D eigenvalue weighted by molar-refractivity contribution is -0.139. The summed E-state index contributed by atoms with van der Waals surface area (Å²) < 4.78 is 0. The van der Waals surface area contributed by atoms with Gasteiger partial charge >= 0.3 is 0 Å². The topological polar surface area (TPSA) is 72.5 Å². The van der Waals surface area contributed by atoms with Crippen molar-refractivity contribution in [2.45, 2.75) is 31.7 Å². The Hall–Kier alpha value is -2.41. The molecule has 3 heterocycles. The van der Waals surface area contributed by atoms with Crippen LogP contribution in [-0.2, 0) is 4.79 Å². The lowest BCUT2D eigenvalue weighted by atomic mass is 9.91. The molecule has 1 aromatic heterocycles. The molecule has 1 aromatic carbocycles. The van der Waals surface area contributed by atoms with Crippen LogP contribution in [0.4, 0.5) is 0 Å². The number of imidazole rings is 1. The zero-order valence-electron chi connectivity index (χ0n) is 16.1. The number of rotatable bonds is 3. The molecule has 148 valence electrons. The van der Waals surface area contributed by atoms with Crippen LogP contribution in [0.3, 0.4) is 0 Å². The summed E-state index contributed by atoms with van der Waals surface area (Å²) in [4.78, 5) is 39.3. The van der Waals surface area contributed by atoms with Crippen molar-refractivity contribution in [3.8, 4) is 0 Å². The van der Waals surface area contributed by atoms with Gasteiger partial charge in [-0.2, -0.15) is 0 Å². The van der Waals surface area contributed by atoms with Gasteiger partial charge in [0.1, 0.15) is 0 Å². The molecule has 7 nitrogen and oxygen atoms in total. The summed E-state index contributed by atoms with van der Waals surface area (Å²) in [6.45, 7) is 4.76. The molecule has 0 bridgehead atoms. The number of para-hydroxylation sites is 2. The van der Waals surface area contributed by atoms with Crippen molar-refractivity contribution >= 4 is 22.8 Å². The van der Waals surface area contributed by atoms with Gasteiger partial charge in [0.25, 0.3) is 5.91 Å². The molecule has 0 atom stereocenters. The van der Waals surface area contributed by atoms with E-state index in [0.717, 1.165) is 49.7 Å². The van der Waals surface area contributed by atoms with Gasteiger partial charge in [0, 0.05) is 45.3 Å². The van der Waals surface area contributed by atoms with Crippen molar-refractivity contribution < 1.29 is 9.59 Å². The number of amides is 2. The van der Waals surface area contributed by atoms with E-state index in [0.29, 0.717) is 18.9 Å². The van der Waals surface area contributed by atoms with Gasteiger partial charge in [-0.1, -0.05) is 18.6 Å². The highest BCUT2D eigenvalue weighted by atomic mass is 16.2. The van der Waals surface area contributed by atoms with E-state index in [1.54, 1.807) is 4.90 Å². The Morgan fingerprint density at radius 3 is 2.54 bits per heavy atom. The van der Waals surface area contributed by atoms with Crippen LogP contribution in [0.25, 0.3) is 11.0 Å². The van der Waals surface area contributed by atoms with Crippen LogP contribution in [0.1, 0.15) is 36.3 Å². The van der Waals surface area contributed by atoms with Gasteiger partial charge in [-0.15, -0.1) is 0 Å². The van der Waals surface area contributed by atoms with Crippen molar-refractivity contribution in [1.82, 2.24) is 24.7 Å². The molecule has 1 N–H and O–H groups in total. The molecule has 2 amide bonds. The molecule has 2 aromatic rings. The van der Waals surface area contributed by atoms with Crippen LogP contribution < -0.4 is 0 Å². The van der Waals surface area contributed by atoms with Crippen LogP contribution in [0.15, 0.2) is 24.3 Å². The maximum Gasteiger partial charge on any atom is 0.289 e. The molecule has 0 spiro atoms. The maximum atomic E-state index is 12.9. The second-order valence-corrected chi connectivity index (χ2v) is 8.31. The Morgan fingerprint density at radius 2 is 1.79 bits per heavy atom. The predicted molar refractivity (Wildman–Crippen MR) is 106 cm³/mol. The second-order valence-electron chi connectivity index (χ2n) is 8.31. The molecular weight excluding hydrogens is 354 g/mol. The van der Waals surface area contributed by atoms with Gasteiger partial charge in [0.2, 0.25) is 5.91 Å². The number of nitrogens with zero attached hydrogens (tertiary/aromatic N) is 4. The minimum atomic E-state index is -0.118. The average molecular weight is 381 g/mol. The summed E-state index contributed by atoms with van der Waals surface area (Å²) >= 11 is 0. The Kier molecular flexibility index (Phi) is 4.55. The third-order valence-corrected chi connectivity index (χ3v) is 6.54. The minimum absolute atomic E-state index is 0.0661. The molecule has 3 aliphatic rings.